The minimum Gasteiger partial charge on any atom is -0.458 e. The van der Waals surface area contributed by atoms with Crippen LogP contribution < -0.4 is 10.9 Å². The molecule has 0 saturated carbocycles. The fraction of sp³-hybridized carbons (Fsp3) is 0.441. The second-order valence-electron chi connectivity index (χ2n) is 13.1. The lowest BCUT2D eigenvalue weighted by atomic mass is 9.81. The van der Waals surface area contributed by atoms with E-state index in [0.717, 1.165) is 5.56 Å². The molecule has 2 aliphatic heterocycles. The molecule has 1 amide bonds. The molecule has 11 nitrogen and oxygen atoms in total. The van der Waals surface area contributed by atoms with Crippen molar-refractivity contribution >= 4 is 28.9 Å². The Balaban J connectivity index is 1.42. The Kier molecular flexibility index (Phi) is 7.34. The van der Waals surface area contributed by atoms with Crippen LogP contribution in [-0.2, 0) is 49.0 Å². The van der Waals surface area contributed by atoms with Crippen LogP contribution in [0.1, 0.15) is 86.9 Å². The van der Waals surface area contributed by atoms with E-state index in [4.69, 9.17) is 19.2 Å². The van der Waals surface area contributed by atoms with E-state index in [9.17, 15) is 24.3 Å². The van der Waals surface area contributed by atoms with Gasteiger partial charge in [-0.2, -0.15) is 0 Å². The average molecular weight is 634 g/mol. The normalized spacial score (nSPS) is 20.3. The number of aliphatic hydroxyl groups is 1. The van der Waals surface area contributed by atoms with Crippen LogP contribution in [0.15, 0.2) is 29.1 Å². The Labute approximate surface area is 264 Å². The highest BCUT2D eigenvalue weighted by Crippen LogP contribution is 2.46. The molecule has 3 aliphatic rings. The maximum atomic E-state index is 15.2. The number of esters is 2. The third kappa shape index (κ3) is 4.86. The van der Waals surface area contributed by atoms with E-state index < -0.39 is 52.8 Å². The largest absolute Gasteiger partial charge is 0.458 e. The van der Waals surface area contributed by atoms with Crippen molar-refractivity contribution < 1.29 is 38.1 Å². The minimum atomic E-state index is -2.00. The van der Waals surface area contributed by atoms with Gasteiger partial charge in [-0.15, -0.1) is 0 Å². The topological polar surface area (TPSA) is 146 Å². The highest BCUT2D eigenvalue weighted by atomic mass is 19.1. The summed E-state index contributed by atoms with van der Waals surface area (Å²) in [5.74, 6) is -1.94. The number of fused-ring (bicyclic) bond motifs is 5. The summed E-state index contributed by atoms with van der Waals surface area (Å²) in [4.78, 5) is 56.9. The number of nitrogens with one attached hydrogen (secondary N) is 1. The minimum absolute atomic E-state index is 0.00822. The van der Waals surface area contributed by atoms with Crippen molar-refractivity contribution in [2.45, 2.75) is 97.3 Å². The number of hydrogen-bond donors (Lipinski definition) is 2. The zero-order valence-corrected chi connectivity index (χ0v) is 26.6. The van der Waals surface area contributed by atoms with E-state index in [-0.39, 0.29) is 36.3 Å². The average Bonchev–Trinajstić information content (AvgIpc) is 3.35. The Bertz CT molecular complexity index is 1940. The van der Waals surface area contributed by atoms with Gasteiger partial charge in [0.25, 0.3) is 5.56 Å². The third-order valence-electron chi connectivity index (χ3n) is 9.11. The Morgan fingerprint density at radius 1 is 1.26 bits per heavy atom. The SMILES string of the molecule is C=C(C(=O)OC(C)(C)C)C(C)OC(=O)N[C@H]1CCc2c(C)c(F)cc3nc4c(c1c23)Cn1c-4cc2c(c1=O)COC(=O)[C@]2(O)CC. The van der Waals surface area contributed by atoms with E-state index in [1.54, 1.807) is 40.7 Å². The summed E-state index contributed by atoms with van der Waals surface area (Å²) in [5.41, 5.74) is 0.827. The number of alkyl carbamates (subject to hydrolysis) is 1. The van der Waals surface area contributed by atoms with Crippen molar-refractivity contribution in [3.05, 3.63) is 73.8 Å². The van der Waals surface area contributed by atoms with Gasteiger partial charge in [0.05, 0.1) is 40.6 Å². The summed E-state index contributed by atoms with van der Waals surface area (Å²) < 4.78 is 32.7. The molecule has 12 heteroatoms. The van der Waals surface area contributed by atoms with Gasteiger partial charge in [-0.3, -0.25) is 4.79 Å². The molecule has 1 aliphatic carbocycles. The summed E-state index contributed by atoms with van der Waals surface area (Å²) in [6.07, 6.45) is -0.940. The van der Waals surface area contributed by atoms with Crippen LogP contribution in [0.3, 0.4) is 0 Å². The number of aryl methyl sites for hydroxylation is 1. The lowest BCUT2D eigenvalue weighted by molar-refractivity contribution is -0.172. The van der Waals surface area contributed by atoms with Crippen LogP contribution in [0.25, 0.3) is 22.3 Å². The molecule has 6 rings (SSSR count). The predicted octanol–water partition coefficient (Wildman–Crippen LogP) is 4.53. The van der Waals surface area contributed by atoms with Gasteiger partial charge in [0, 0.05) is 22.6 Å². The van der Waals surface area contributed by atoms with Gasteiger partial charge in [0.2, 0.25) is 0 Å². The molecule has 242 valence electrons. The van der Waals surface area contributed by atoms with E-state index in [1.165, 1.54) is 17.6 Å². The lowest BCUT2D eigenvalue weighted by Gasteiger charge is -2.31. The number of ether oxygens (including phenoxy) is 3. The van der Waals surface area contributed by atoms with Crippen molar-refractivity contribution in [1.29, 1.82) is 0 Å². The van der Waals surface area contributed by atoms with Crippen molar-refractivity contribution in [2.24, 2.45) is 0 Å². The van der Waals surface area contributed by atoms with Gasteiger partial charge < -0.3 is 29.2 Å². The van der Waals surface area contributed by atoms with Crippen molar-refractivity contribution in [2.75, 3.05) is 0 Å². The first-order valence-electron chi connectivity index (χ1n) is 15.3. The van der Waals surface area contributed by atoms with Gasteiger partial charge in [0.15, 0.2) is 5.60 Å². The quantitative estimate of drug-likeness (QED) is 0.184. The number of carbonyl (C=O) groups is 3. The molecule has 3 atom stereocenters. The lowest BCUT2D eigenvalue weighted by Crippen LogP contribution is -2.44. The monoisotopic (exact) mass is 633 g/mol. The number of carbonyl (C=O) groups excluding carboxylic acids is 3. The summed E-state index contributed by atoms with van der Waals surface area (Å²) >= 11 is 0. The fourth-order valence-electron chi connectivity index (χ4n) is 6.62. The third-order valence-corrected chi connectivity index (χ3v) is 9.11. The van der Waals surface area contributed by atoms with Crippen LogP contribution in [-0.4, -0.2) is 44.4 Å². The van der Waals surface area contributed by atoms with Gasteiger partial charge in [-0.25, -0.2) is 23.8 Å². The molecule has 46 heavy (non-hydrogen) atoms. The first kappa shape index (κ1) is 31.4. The van der Waals surface area contributed by atoms with Crippen molar-refractivity contribution in [3.63, 3.8) is 0 Å². The number of nitrogens with zero attached hydrogens (tertiary/aromatic N) is 2. The molecule has 0 saturated heterocycles. The summed E-state index contributed by atoms with van der Waals surface area (Å²) in [5, 5.41) is 14.8. The second kappa shape index (κ2) is 10.8. The Hall–Kier alpha value is -4.58. The van der Waals surface area contributed by atoms with Crippen molar-refractivity contribution in [1.82, 2.24) is 14.9 Å². The maximum Gasteiger partial charge on any atom is 0.408 e. The summed E-state index contributed by atoms with van der Waals surface area (Å²) in [7, 11) is 0. The van der Waals surface area contributed by atoms with Crippen molar-refractivity contribution in [3.8, 4) is 11.4 Å². The Morgan fingerprint density at radius 3 is 2.65 bits per heavy atom. The van der Waals surface area contributed by atoms with Crippen LogP contribution in [0.2, 0.25) is 0 Å². The number of benzene rings is 1. The van der Waals surface area contributed by atoms with Gasteiger partial charge in [-0.1, -0.05) is 13.5 Å². The summed E-state index contributed by atoms with van der Waals surface area (Å²) in [6.45, 7) is 13.6. The molecule has 1 unspecified atom stereocenters. The highest BCUT2D eigenvalue weighted by Gasteiger charge is 2.46. The van der Waals surface area contributed by atoms with Crippen LogP contribution in [0.4, 0.5) is 9.18 Å². The number of hydrogen-bond acceptors (Lipinski definition) is 9. The highest BCUT2D eigenvalue weighted by molar-refractivity contribution is 5.94. The first-order chi connectivity index (χ1) is 21.6. The van der Waals surface area contributed by atoms with Crippen LogP contribution in [0, 0.1) is 12.7 Å². The molecule has 0 radical (unpaired) electrons. The number of cyclic esters (lactones) is 1. The molecule has 2 aromatic heterocycles. The number of amides is 1. The molecular formula is C34H36FN3O8. The molecule has 2 N–H and O–H groups in total. The number of aromatic nitrogens is 2. The van der Waals surface area contributed by atoms with Gasteiger partial charge in [0.1, 0.15) is 24.1 Å². The van der Waals surface area contributed by atoms with E-state index >= 15 is 4.39 Å². The standard InChI is InChI=1S/C34H36FN3O8/c1-8-34(43)21-11-25-28-19(13-38(25)29(39)20(21)14-44-31(34)41)27-23(10-9-18-16(3)22(35)12-24(36-28)26(18)27)37-32(42)45-17(4)15(2)30(40)46-33(5,6)7/h11-12,17,23,43H,2,8-10,13-14H2,1,3-7H3,(H,37,42)/t17?,23-,34-/m0/s1. The predicted molar refractivity (Wildman–Crippen MR) is 164 cm³/mol. The first-order valence-corrected chi connectivity index (χ1v) is 15.3. The number of rotatable bonds is 5. The zero-order chi connectivity index (χ0) is 33.5. The zero-order valence-electron chi connectivity index (χ0n) is 26.6. The fourth-order valence-corrected chi connectivity index (χ4v) is 6.62. The Morgan fingerprint density at radius 2 is 1.98 bits per heavy atom. The molecule has 3 aromatic rings. The summed E-state index contributed by atoms with van der Waals surface area (Å²) in [6, 6.07) is 2.32. The van der Waals surface area contributed by atoms with E-state index in [1.807, 2.05) is 0 Å². The second-order valence-corrected chi connectivity index (χ2v) is 13.1. The van der Waals surface area contributed by atoms with E-state index in [0.29, 0.717) is 51.8 Å². The molecule has 0 bridgehead atoms. The number of halogens is 1. The smallest absolute Gasteiger partial charge is 0.408 e. The van der Waals surface area contributed by atoms with Crippen LogP contribution in [0.5, 0.6) is 0 Å². The number of pyridine rings is 2. The van der Waals surface area contributed by atoms with E-state index in [2.05, 4.69) is 11.9 Å². The molecule has 4 heterocycles. The van der Waals surface area contributed by atoms with Gasteiger partial charge in [-0.05, 0) is 76.6 Å². The maximum absolute atomic E-state index is 15.2. The molecule has 0 fully saturated rings. The molecular weight excluding hydrogens is 597 g/mol. The van der Waals surface area contributed by atoms with Crippen LogP contribution >= 0.6 is 0 Å². The molecule has 0 spiro atoms. The van der Waals surface area contributed by atoms with Gasteiger partial charge >= 0.3 is 18.0 Å². The molecule has 1 aromatic carbocycles.